The van der Waals surface area contributed by atoms with Gasteiger partial charge in [-0.25, -0.2) is 4.98 Å². The van der Waals surface area contributed by atoms with Gasteiger partial charge in [0.2, 0.25) is 5.91 Å². The smallest absolute Gasteiger partial charge is 0.261 e. The lowest BCUT2D eigenvalue weighted by Gasteiger charge is -2.10. The highest BCUT2D eigenvalue weighted by Gasteiger charge is 2.11. The minimum Gasteiger partial charge on any atom is -0.325 e. The molecule has 1 amide bonds. The fourth-order valence-electron chi connectivity index (χ4n) is 2.62. The van der Waals surface area contributed by atoms with E-state index in [0.29, 0.717) is 22.2 Å². The third-order valence-corrected chi connectivity index (χ3v) is 4.44. The molecule has 26 heavy (non-hydrogen) atoms. The largest absolute Gasteiger partial charge is 0.325 e. The molecule has 0 bridgehead atoms. The van der Waals surface area contributed by atoms with Gasteiger partial charge in [-0.3, -0.25) is 19.0 Å². The summed E-state index contributed by atoms with van der Waals surface area (Å²) in [5, 5.41) is 3.21. The molecule has 132 valence electrons. The Morgan fingerprint density at radius 3 is 2.73 bits per heavy atom. The van der Waals surface area contributed by atoms with E-state index in [1.165, 1.54) is 17.8 Å². The number of carbonyl (C=O) groups excluding carboxylic acids is 2. The van der Waals surface area contributed by atoms with Crippen molar-refractivity contribution in [1.82, 2.24) is 9.55 Å². The zero-order valence-corrected chi connectivity index (χ0v) is 15.6. The van der Waals surface area contributed by atoms with Crippen LogP contribution in [0.15, 0.2) is 58.1 Å². The lowest BCUT2D eigenvalue weighted by Crippen LogP contribution is -2.24. The molecule has 7 heteroatoms. The number of amides is 1. The molecule has 0 radical (unpaired) electrons. The molecule has 0 saturated carbocycles. The molecule has 0 atom stereocenters. The number of para-hydroxylation sites is 1. The van der Waals surface area contributed by atoms with E-state index >= 15 is 0 Å². The van der Waals surface area contributed by atoms with E-state index in [1.54, 1.807) is 36.4 Å². The molecule has 0 spiro atoms. The minimum absolute atomic E-state index is 0.0906. The van der Waals surface area contributed by atoms with Crippen LogP contribution in [0, 0.1) is 0 Å². The van der Waals surface area contributed by atoms with Crippen LogP contribution in [0.1, 0.15) is 23.7 Å². The second-order valence-corrected chi connectivity index (χ2v) is 6.72. The Balaban J connectivity index is 1.74. The number of aromatic nitrogens is 2. The number of carbonyl (C=O) groups is 2. The van der Waals surface area contributed by atoms with E-state index in [1.807, 2.05) is 6.07 Å². The summed E-state index contributed by atoms with van der Waals surface area (Å²) in [6, 6.07) is 12.1. The van der Waals surface area contributed by atoms with Crippen LogP contribution in [0.5, 0.6) is 0 Å². The number of hydrogen-bond donors (Lipinski definition) is 1. The van der Waals surface area contributed by atoms with Crippen LogP contribution in [0.4, 0.5) is 5.69 Å². The van der Waals surface area contributed by atoms with Gasteiger partial charge in [0.05, 0.1) is 22.9 Å². The molecular formula is C19H16BrN3O3. The maximum Gasteiger partial charge on any atom is 0.261 e. The van der Waals surface area contributed by atoms with Crippen molar-refractivity contribution in [2.75, 3.05) is 5.32 Å². The predicted octanol–water partition coefficient (Wildman–Crippen LogP) is 3.39. The number of rotatable bonds is 5. The molecule has 3 aromatic rings. The van der Waals surface area contributed by atoms with Crippen LogP contribution < -0.4 is 10.9 Å². The fraction of sp³-hybridized carbons (Fsp3) is 0.158. The van der Waals surface area contributed by atoms with E-state index in [0.717, 1.165) is 4.47 Å². The molecule has 3 rings (SSSR count). The van der Waals surface area contributed by atoms with E-state index < -0.39 is 0 Å². The Kier molecular flexibility index (Phi) is 5.27. The van der Waals surface area contributed by atoms with Gasteiger partial charge >= 0.3 is 0 Å². The first-order chi connectivity index (χ1) is 12.5. The van der Waals surface area contributed by atoms with Gasteiger partial charge in [-0.1, -0.05) is 28.1 Å². The molecule has 0 aliphatic rings. The molecule has 0 saturated heterocycles. The highest BCUT2D eigenvalue weighted by atomic mass is 79.9. The SMILES string of the molecule is CC(=O)c1ccccc1NC(=O)CCn1cnc2ccc(Br)cc2c1=O. The number of halogens is 1. The lowest BCUT2D eigenvalue weighted by molar-refractivity contribution is -0.116. The summed E-state index contributed by atoms with van der Waals surface area (Å²) in [6.45, 7) is 1.64. The van der Waals surface area contributed by atoms with Gasteiger partial charge in [-0.2, -0.15) is 0 Å². The number of nitrogens with zero attached hydrogens (tertiary/aromatic N) is 2. The highest BCUT2D eigenvalue weighted by molar-refractivity contribution is 9.10. The molecule has 2 aromatic carbocycles. The van der Waals surface area contributed by atoms with E-state index in [4.69, 9.17) is 0 Å². The van der Waals surface area contributed by atoms with Crippen molar-refractivity contribution in [2.45, 2.75) is 19.9 Å². The van der Waals surface area contributed by atoms with E-state index in [9.17, 15) is 14.4 Å². The van der Waals surface area contributed by atoms with Gasteiger partial charge in [0, 0.05) is 23.0 Å². The van der Waals surface area contributed by atoms with Gasteiger partial charge in [0.25, 0.3) is 5.56 Å². The van der Waals surface area contributed by atoms with Gasteiger partial charge in [0.15, 0.2) is 5.78 Å². The summed E-state index contributed by atoms with van der Waals surface area (Å²) in [6.07, 6.45) is 1.53. The van der Waals surface area contributed by atoms with Crippen LogP contribution in [-0.2, 0) is 11.3 Å². The Labute approximate surface area is 158 Å². The van der Waals surface area contributed by atoms with Gasteiger partial charge in [-0.05, 0) is 37.3 Å². The van der Waals surface area contributed by atoms with Crippen LogP contribution in [-0.4, -0.2) is 21.2 Å². The standard InChI is InChI=1S/C19H16BrN3O3/c1-12(24)14-4-2-3-5-17(14)22-18(25)8-9-23-11-21-16-7-6-13(20)10-15(16)19(23)26/h2-7,10-11H,8-9H2,1H3,(H,22,25). The summed E-state index contributed by atoms with van der Waals surface area (Å²) in [4.78, 5) is 40.6. The highest BCUT2D eigenvalue weighted by Crippen LogP contribution is 2.16. The summed E-state index contributed by atoms with van der Waals surface area (Å²) in [5.41, 5.74) is 1.33. The summed E-state index contributed by atoms with van der Waals surface area (Å²) in [5.74, 6) is -0.402. The van der Waals surface area contributed by atoms with Crippen LogP contribution >= 0.6 is 15.9 Å². The first kappa shape index (κ1) is 18.0. The fourth-order valence-corrected chi connectivity index (χ4v) is 2.99. The minimum atomic E-state index is -0.278. The zero-order valence-electron chi connectivity index (χ0n) is 14.0. The average molecular weight is 414 g/mol. The van der Waals surface area contributed by atoms with Crippen LogP contribution in [0.25, 0.3) is 10.9 Å². The molecule has 0 aliphatic heterocycles. The van der Waals surface area contributed by atoms with Crippen molar-refractivity contribution < 1.29 is 9.59 Å². The second-order valence-electron chi connectivity index (χ2n) is 5.80. The predicted molar refractivity (Wildman–Crippen MR) is 103 cm³/mol. The van der Waals surface area contributed by atoms with Crippen molar-refractivity contribution >= 4 is 44.2 Å². The Hall–Kier alpha value is -2.80. The first-order valence-electron chi connectivity index (χ1n) is 8.00. The molecule has 1 aromatic heterocycles. The van der Waals surface area contributed by atoms with Crippen molar-refractivity contribution in [3.63, 3.8) is 0 Å². The molecule has 0 aliphatic carbocycles. The number of ketones is 1. The Morgan fingerprint density at radius 1 is 1.19 bits per heavy atom. The number of benzene rings is 2. The van der Waals surface area contributed by atoms with Crippen molar-refractivity contribution in [2.24, 2.45) is 0 Å². The summed E-state index contributed by atoms with van der Waals surface area (Å²) >= 11 is 3.34. The van der Waals surface area contributed by atoms with Gasteiger partial charge in [-0.15, -0.1) is 0 Å². The Bertz CT molecular complexity index is 1060. The third kappa shape index (κ3) is 3.88. The van der Waals surface area contributed by atoms with Crippen molar-refractivity contribution in [1.29, 1.82) is 0 Å². The van der Waals surface area contributed by atoms with Gasteiger partial charge in [0.1, 0.15) is 0 Å². The number of nitrogens with one attached hydrogen (secondary N) is 1. The lowest BCUT2D eigenvalue weighted by atomic mass is 10.1. The normalized spacial score (nSPS) is 10.7. The molecule has 1 heterocycles. The molecule has 1 N–H and O–H groups in total. The van der Waals surface area contributed by atoms with Crippen LogP contribution in [0.3, 0.4) is 0 Å². The van der Waals surface area contributed by atoms with Crippen LogP contribution in [0.2, 0.25) is 0 Å². The number of fused-ring (bicyclic) bond motifs is 1. The summed E-state index contributed by atoms with van der Waals surface area (Å²) < 4.78 is 2.20. The van der Waals surface area contributed by atoms with Gasteiger partial charge < -0.3 is 5.32 Å². The molecular weight excluding hydrogens is 398 g/mol. The topological polar surface area (TPSA) is 81.1 Å². The number of Topliss-reactive ketones (excluding diaryl/α,β-unsaturated/α-hetero) is 1. The summed E-state index contributed by atoms with van der Waals surface area (Å²) in [7, 11) is 0. The number of aryl methyl sites for hydroxylation is 1. The maximum atomic E-state index is 12.5. The molecule has 0 fully saturated rings. The maximum absolute atomic E-state index is 12.5. The molecule has 0 unspecified atom stereocenters. The monoisotopic (exact) mass is 413 g/mol. The molecule has 6 nitrogen and oxygen atoms in total. The first-order valence-corrected chi connectivity index (χ1v) is 8.79. The van der Waals surface area contributed by atoms with Crippen molar-refractivity contribution in [3.05, 3.63) is 69.2 Å². The van der Waals surface area contributed by atoms with E-state index in [2.05, 4.69) is 26.2 Å². The number of hydrogen-bond acceptors (Lipinski definition) is 4. The van der Waals surface area contributed by atoms with Crippen molar-refractivity contribution in [3.8, 4) is 0 Å². The number of anilines is 1. The Morgan fingerprint density at radius 2 is 1.96 bits per heavy atom. The van der Waals surface area contributed by atoms with E-state index in [-0.39, 0.29) is 30.2 Å². The average Bonchev–Trinajstić information content (AvgIpc) is 2.62. The zero-order chi connectivity index (χ0) is 18.7. The quantitative estimate of drug-likeness (QED) is 0.649. The second kappa shape index (κ2) is 7.61. The third-order valence-electron chi connectivity index (χ3n) is 3.95.